The summed E-state index contributed by atoms with van der Waals surface area (Å²) >= 11 is 5.84. The number of hydrogen-bond acceptors (Lipinski definition) is 6. The van der Waals surface area contributed by atoms with Crippen molar-refractivity contribution >= 4 is 50.3 Å². The first kappa shape index (κ1) is 24.1. The van der Waals surface area contributed by atoms with Crippen LogP contribution in [0.4, 0.5) is 17.1 Å². The fourth-order valence-corrected chi connectivity index (χ4v) is 4.53. The number of carbonyl (C=O) groups excluding carboxylic acids is 2. The van der Waals surface area contributed by atoms with Crippen LogP contribution in [0, 0.1) is 0 Å². The van der Waals surface area contributed by atoms with Crippen LogP contribution in [0.1, 0.15) is 6.92 Å². The van der Waals surface area contributed by atoms with Crippen molar-refractivity contribution in [3.8, 4) is 5.75 Å². The van der Waals surface area contributed by atoms with Gasteiger partial charge in [0, 0.05) is 29.4 Å². The molecule has 0 bridgehead atoms. The second kappa shape index (κ2) is 10.4. The van der Waals surface area contributed by atoms with Crippen molar-refractivity contribution in [2.45, 2.75) is 16.7 Å². The first-order valence-corrected chi connectivity index (χ1v) is 11.7. The minimum Gasteiger partial charge on any atom is -0.497 e. The van der Waals surface area contributed by atoms with E-state index in [9.17, 15) is 18.0 Å². The van der Waals surface area contributed by atoms with E-state index in [4.69, 9.17) is 16.3 Å². The predicted octanol–water partition coefficient (Wildman–Crippen LogP) is 4.19. The average molecular weight is 488 g/mol. The molecular formula is C23H22ClN3O5S. The van der Waals surface area contributed by atoms with E-state index in [2.05, 4.69) is 16.0 Å². The lowest BCUT2D eigenvalue weighted by molar-refractivity contribution is -0.115. The van der Waals surface area contributed by atoms with E-state index >= 15 is 0 Å². The summed E-state index contributed by atoms with van der Waals surface area (Å²) in [4.78, 5) is 23.5. The number of rotatable bonds is 8. The molecule has 10 heteroatoms. The maximum absolute atomic E-state index is 13.3. The molecule has 0 saturated heterocycles. The number of methoxy groups -OCH3 is 1. The van der Waals surface area contributed by atoms with Gasteiger partial charge in [0.05, 0.1) is 29.1 Å². The largest absolute Gasteiger partial charge is 0.497 e. The molecule has 0 aliphatic heterocycles. The van der Waals surface area contributed by atoms with Crippen molar-refractivity contribution in [1.29, 1.82) is 0 Å². The van der Waals surface area contributed by atoms with Crippen LogP contribution in [0.2, 0.25) is 5.02 Å². The lowest BCUT2D eigenvalue weighted by Crippen LogP contribution is -2.22. The molecule has 0 fully saturated rings. The van der Waals surface area contributed by atoms with Crippen LogP contribution in [-0.2, 0) is 19.4 Å². The van der Waals surface area contributed by atoms with E-state index < -0.39 is 9.84 Å². The number of anilines is 3. The van der Waals surface area contributed by atoms with E-state index in [1.165, 1.54) is 50.4 Å². The molecule has 0 radical (unpaired) electrons. The highest BCUT2D eigenvalue weighted by molar-refractivity contribution is 7.91. The summed E-state index contributed by atoms with van der Waals surface area (Å²) in [5, 5.41) is 8.72. The number of nitrogens with one attached hydrogen (secondary N) is 3. The minimum absolute atomic E-state index is 0.0264. The zero-order valence-electron chi connectivity index (χ0n) is 17.9. The third-order valence-electron chi connectivity index (χ3n) is 4.53. The Hall–Kier alpha value is -3.56. The standard InChI is InChI=1S/C23H22ClN3O5S/c1-15(28)26-17-7-10-20(11-8-17)33(30,31)22-13-19(32-2)9-12-21(22)25-14-23(29)27-18-5-3-16(24)4-6-18/h3-13,25H,14H2,1-2H3,(H,26,28)(H,27,29). The zero-order valence-corrected chi connectivity index (χ0v) is 19.5. The van der Waals surface area contributed by atoms with Crippen LogP contribution in [-0.4, -0.2) is 33.9 Å². The molecule has 0 aromatic heterocycles. The molecule has 0 atom stereocenters. The summed E-state index contributed by atoms with van der Waals surface area (Å²) in [5.41, 5.74) is 1.28. The van der Waals surface area contributed by atoms with E-state index in [0.717, 1.165) is 0 Å². The second-order valence-corrected chi connectivity index (χ2v) is 9.33. The van der Waals surface area contributed by atoms with Crippen LogP contribution in [0.5, 0.6) is 5.75 Å². The molecule has 0 aliphatic rings. The molecule has 0 saturated carbocycles. The van der Waals surface area contributed by atoms with Gasteiger partial charge in [0.25, 0.3) is 0 Å². The number of carbonyl (C=O) groups is 2. The maximum Gasteiger partial charge on any atom is 0.243 e. The molecule has 3 N–H and O–H groups in total. The maximum atomic E-state index is 13.3. The predicted molar refractivity (Wildman–Crippen MR) is 128 cm³/mol. The molecule has 8 nitrogen and oxygen atoms in total. The highest BCUT2D eigenvalue weighted by Gasteiger charge is 2.23. The molecule has 2 amide bonds. The van der Waals surface area contributed by atoms with E-state index in [0.29, 0.717) is 22.1 Å². The topological polar surface area (TPSA) is 114 Å². The third kappa shape index (κ3) is 6.24. The van der Waals surface area contributed by atoms with Crippen LogP contribution in [0.25, 0.3) is 0 Å². The second-order valence-electron chi connectivity index (χ2n) is 6.98. The van der Waals surface area contributed by atoms with E-state index in [1.807, 2.05) is 0 Å². The van der Waals surface area contributed by atoms with Crippen LogP contribution in [0.15, 0.2) is 76.5 Å². The molecule has 0 unspecified atom stereocenters. The number of ether oxygens (including phenoxy) is 1. The van der Waals surface area contributed by atoms with Crippen molar-refractivity contribution in [3.05, 3.63) is 71.8 Å². The van der Waals surface area contributed by atoms with Crippen molar-refractivity contribution in [3.63, 3.8) is 0 Å². The first-order valence-electron chi connectivity index (χ1n) is 9.79. The Morgan fingerprint density at radius 1 is 0.909 bits per heavy atom. The summed E-state index contributed by atoms with van der Waals surface area (Å²) in [6.45, 7) is 1.20. The number of halogens is 1. The normalized spacial score (nSPS) is 10.9. The Labute approximate surface area is 196 Å². The smallest absolute Gasteiger partial charge is 0.243 e. The van der Waals surface area contributed by atoms with Gasteiger partial charge in [-0.25, -0.2) is 8.42 Å². The van der Waals surface area contributed by atoms with Gasteiger partial charge in [0.1, 0.15) is 5.75 Å². The molecule has 33 heavy (non-hydrogen) atoms. The van der Waals surface area contributed by atoms with Crippen LogP contribution in [0.3, 0.4) is 0 Å². The monoisotopic (exact) mass is 487 g/mol. The third-order valence-corrected chi connectivity index (χ3v) is 6.59. The van der Waals surface area contributed by atoms with Crippen molar-refractivity contribution in [1.82, 2.24) is 0 Å². The van der Waals surface area contributed by atoms with E-state index in [1.54, 1.807) is 30.3 Å². The number of hydrogen-bond donors (Lipinski definition) is 3. The zero-order chi connectivity index (χ0) is 24.0. The Balaban J connectivity index is 1.83. The van der Waals surface area contributed by atoms with Gasteiger partial charge in [0.2, 0.25) is 21.7 Å². The SMILES string of the molecule is COc1ccc(NCC(=O)Nc2ccc(Cl)cc2)c(S(=O)(=O)c2ccc(NC(C)=O)cc2)c1. The van der Waals surface area contributed by atoms with Gasteiger partial charge in [-0.1, -0.05) is 11.6 Å². The fraction of sp³-hybridized carbons (Fsp3) is 0.130. The van der Waals surface area contributed by atoms with E-state index in [-0.39, 0.29) is 33.8 Å². The summed E-state index contributed by atoms with van der Waals surface area (Å²) in [7, 11) is -2.53. The Morgan fingerprint density at radius 2 is 1.52 bits per heavy atom. The highest BCUT2D eigenvalue weighted by Crippen LogP contribution is 2.31. The molecule has 3 rings (SSSR count). The lowest BCUT2D eigenvalue weighted by Gasteiger charge is -2.15. The summed E-state index contributed by atoms with van der Waals surface area (Å²) in [6.07, 6.45) is 0. The van der Waals surface area contributed by atoms with Gasteiger partial charge in [-0.2, -0.15) is 0 Å². The Kier molecular flexibility index (Phi) is 7.57. The molecule has 0 heterocycles. The van der Waals surface area contributed by atoms with Gasteiger partial charge >= 0.3 is 0 Å². The van der Waals surface area contributed by atoms with Gasteiger partial charge < -0.3 is 20.7 Å². The number of amides is 2. The minimum atomic E-state index is -3.96. The summed E-state index contributed by atoms with van der Waals surface area (Å²) < 4.78 is 31.8. The van der Waals surface area contributed by atoms with Crippen molar-refractivity contribution in [2.24, 2.45) is 0 Å². The summed E-state index contributed by atoms with van der Waals surface area (Å²) in [5.74, 6) is -0.280. The van der Waals surface area contributed by atoms with Gasteiger partial charge in [0.15, 0.2) is 0 Å². The Morgan fingerprint density at radius 3 is 2.12 bits per heavy atom. The molecule has 3 aromatic rings. The number of benzene rings is 3. The van der Waals surface area contributed by atoms with Crippen LogP contribution < -0.4 is 20.7 Å². The Bertz CT molecular complexity index is 1260. The van der Waals surface area contributed by atoms with Crippen molar-refractivity contribution < 1.29 is 22.7 Å². The molecule has 0 aliphatic carbocycles. The summed E-state index contributed by atoms with van der Waals surface area (Å²) in [6, 6.07) is 16.9. The van der Waals surface area contributed by atoms with Crippen LogP contribution >= 0.6 is 11.6 Å². The lowest BCUT2D eigenvalue weighted by atomic mass is 10.3. The highest BCUT2D eigenvalue weighted by atomic mass is 35.5. The average Bonchev–Trinajstić information content (AvgIpc) is 2.79. The molecule has 172 valence electrons. The van der Waals surface area contributed by atoms with Crippen molar-refractivity contribution in [2.75, 3.05) is 29.6 Å². The van der Waals surface area contributed by atoms with Gasteiger partial charge in [-0.15, -0.1) is 0 Å². The molecule has 0 spiro atoms. The van der Waals surface area contributed by atoms with Gasteiger partial charge in [-0.3, -0.25) is 9.59 Å². The number of sulfone groups is 1. The molecular weight excluding hydrogens is 466 g/mol. The van der Waals surface area contributed by atoms with Gasteiger partial charge in [-0.05, 0) is 60.7 Å². The first-order chi connectivity index (χ1) is 15.7. The quantitative estimate of drug-likeness (QED) is 0.439. The fourth-order valence-electron chi connectivity index (χ4n) is 2.96. The molecule has 3 aromatic carbocycles.